The molecule has 0 spiro atoms. The molecule has 3 heterocycles. The van der Waals surface area contributed by atoms with Crippen molar-refractivity contribution in [1.29, 1.82) is 0 Å². The fourth-order valence-electron chi connectivity index (χ4n) is 3.25. The van der Waals surface area contributed by atoms with Crippen LogP contribution in [0.3, 0.4) is 0 Å². The molecule has 1 N–H and O–H groups in total. The van der Waals surface area contributed by atoms with Crippen LogP contribution in [-0.2, 0) is 9.84 Å². The predicted octanol–water partition coefficient (Wildman–Crippen LogP) is 1.19. The highest BCUT2D eigenvalue weighted by Crippen LogP contribution is 2.29. The lowest BCUT2D eigenvalue weighted by molar-refractivity contribution is 0.260. The highest BCUT2D eigenvalue weighted by Gasteiger charge is 2.47. The van der Waals surface area contributed by atoms with Crippen LogP contribution < -0.4 is 10.1 Å². The van der Waals surface area contributed by atoms with Crippen LogP contribution in [0.25, 0.3) is 6.08 Å². The lowest BCUT2D eigenvalue weighted by Gasteiger charge is -2.23. The maximum atomic E-state index is 11.8. The molecule has 2 saturated heterocycles. The van der Waals surface area contributed by atoms with Crippen LogP contribution in [0.1, 0.15) is 12.5 Å². The average Bonchev–Trinajstić information content (AvgIpc) is 2.96. The number of benzene rings is 1. The Balaban J connectivity index is 1.59. The van der Waals surface area contributed by atoms with E-state index in [-0.39, 0.29) is 29.7 Å². The molecular weight excluding hydrogens is 346 g/mol. The molecular formula is C16H17N3O3S2. The summed E-state index contributed by atoms with van der Waals surface area (Å²) in [5, 5.41) is 9.58. The van der Waals surface area contributed by atoms with Crippen molar-refractivity contribution in [3.8, 4) is 5.75 Å². The van der Waals surface area contributed by atoms with Gasteiger partial charge < -0.3 is 10.1 Å². The highest BCUT2D eigenvalue weighted by molar-refractivity contribution is 7.91. The van der Waals surface area contributed by atoms with Crippen molar-refractivity contribution in [2.45, 2.75) is 25.1 Å². The molecule has 1 aromatic carbocycles. The van der Waals surface area contributed by atoms with Crippen LogP contribution in [0.15, 0.2) is 34.9 Å². The van der Waals surface area contributed by atoms with E-state index < -0.39 is 9.84 Å². The van der Waals surface area contributed by atoms with Crippen molar-refractivity contribution < 1.29 is 13.2 Å². The summed E-state index contributed by atoms with van der Waals surface area (Å²) in [5.41, 5.74) is 1.92. The largest absolute Gasteiger partial charge is 0.485 e. The summed E-state index contributed by atoms with van der Waals surface area (Å²) >= 11 is 5.28. The Kier molecular flexibility index (Phi) is 3.61. The maximum absolute atomic E-state index is 11.8. The van der Waals surface area contributed by atoms with Gasteiger partial charge in [0.2, 0.25) is 0 Å². The van der Waals surface area contributed by atoms with Crippen molar-refractivity contribution in [2.24, 2.45) is 5.10 Å². The molecule has 4 rings (SSSR count). The fourth-order valence-corrected chi connectivity index (χ4v) is 5.47. The minimum absolute atomic E-state index is 0.0794. The van der Waals surface area contributed by atoms with E-state index in [2.05, 4.69) is 10.4 Å². The molecule has 0 aromatic heterocycles. The Labute approximate surface area is 146 Å². The minimum atomic E-state index is -3.03. The second-order valence-corrected chi connectivity index (χ2v) is 8.77. The van der Waals surface area contributed by atoms with Crippen LogP contribution in [0.4, 0.5) is 0 Å². The number of hydrogen-bond donors (Lipinski definition) is 1. The maximum Gasteiger partial charge on any atom is 0.190 e. The fraction of sp³-hybridized carbons (Fsp3) is 0.375. The third-order valence-electron chi connectivity index (χ3n) is 4.50. The molecule has 3 unspecified atom stereocenters. The number of rotatable bonds is 2. The normalized spacial score (nSPS) is 30.5. The number of sulfone groups is 1. The van der Waals surface area contributed by atoms with Crippen molar-refractivity contribution in [3.63, 3.8) is 0 Å². The molecule has 0 amide bonds. The Hall–Kier alpha value is -1.93. The second-order valence-electron chi connectivity index (χ2n) is 6.23. The standard InChI is InChI=1S/C16H17N3O3S2/c1-10-12(6-11-4-2-3-5-15(11)22-10)7-17-19-14-9-24(20,21)8-13(14)18-16(19)23/h2-7,10,13-14H,8-9H2,1H3,(H,18,23)/b17-7+. The first kappa shape index (κ1) is 15.6. The van der Waals surface area contributed by atoms with E-state index in [1.165, 1.54) is 0 Å². The summed E-state index contributed by atoms with van der Waals surface area (Å²) in [6, 6.07) is 7.41. The zero-order valence-corrected chi connectivity index (χ0v) is 14.7. The summed E-state index contributed by atoms with van der Waals surface area (Å²) in [7, 11) is -3.03. The first-order valence-corrected chi connectivity index (χ1v) is 9.97. The molecule has 3 aliphatic heterocycles. The van der Waals surface area contributed by atoms with Gasteiger partial charge in [0.05, 0.1) is 29.8 Å². The smallest absolute Gasteiger partial charge is 0.190 e. The molecule has 3 atom stereocenters. The Bertz CT molecular complexity index is 863. The zero-order chi connectivity index (χ0) is 16.9. The number of nitrogens with zero attached hydrogens (tertiary/aromatic N) is 2. The van der Waals surface area contributed by atoms with E-state index >= 15 is 0 Å². The Morgan fingerprint density at radius 2 is 2.17 bits per heavy atom. The van der Waals surface area contributed by atoms with Gasteiger partial charge in [-0.25, -0.2) is 13.4 Å². The van der Waals surface area contributed by atoms with Crippen LogP contribution in [0, 0.1) is 0 Å². The number of ether oxygens (including phenoxy) is 1. The van der Waals surface area contributed by atoms with Gasteiger partial charge in [0, 0.05) is 11.1 Å². The van der Waals surface area contributed by atoms with E-state index in [9.17, 15) is 8.42 Å². The van der Waals surface area contributed by atoms with Crippen LogP contribution >= 0.6 is 12.2 Å². The summed E-state index contributed by atoms with van der Waals surface area (Å²) in [4.78, 5) is 0. The molecule has 0 saturated carbocycles. The van der Waals surface area contributed by atoms with E-state index in [0.717, 1.165) is 16.9 Å². The molecule has 126 valence electrons. The Morgan fingerprint density at radius 3 is 3.00 bits per heavy atom. The number of nitrogens with one attached hydrogen (secondary N) is 1. The monoisotopic (exact) mass is 363 g/mol. The second kappa shape index (κ2) is 5.56. The van der Waals surface area contributed by atoms with E-state index in [0.29, 0.717) is 5.11 Å². The van der Waals surface area contributed by atoms with Gasteiger partial charge in [-0.1, -0.05) is 18.2 Å². The SMILES string of the molecule is CC1Oc2ccccc2C=C1/C=N/N1C(=S)NC2CS(=O)(=O)CC21. The van der Waals surface area contributed by atoms with Gasteiger partial charge in [-0.05, 0) is 31.3 Å². The van der Waals surface area contributed by atoms with Gasteiger partial charge >= 0.3 is 0 Å². The van der Waals surface area contributed by atoms with E-state index in [4.69, 9.17) is 17.0 Å². The molecule has 6 nitrogen and oxygen atoms in total. The average molecular weight is 363 g/mol. The molecule has 0 bridgehead atoms. The number of para-hydroxylation sites is 1. The van der Waals surface area contributed by atoms with Gasteiger partial charge in [-0.3, -0.25) is 0 Å². The van der Waals surface area contributed by atoms with Gasteiger partial charge in [0.1, 0.15) is 11.9 Å². The summed E-state index contributed by atoms with van der Waals surface area (Å²) < 4.78 is 29.5. The summed E-state index contributed by atoms with van der Waals surface area (Å²) in [6.45, 7) is 1.96. The summed E-state index contributed by atoms with van der Waals surface area (Å²) in [6.07, 6.45) is 3.61. The zero-order valence-electron chi connectivity index (χ0n) is 13.0. The topological polar surface area (TPSA) is 71.0 Å². The van der Waals surface area contributed by atoms with E-state index in [1.807, 2.05) is 37.3 Å². The lowest BCUT2D eigenvalue weighted by atomic mass is 10.0. The van der Waals surface area contributed by atoms with Crippen LogP contribution in [0.5, 0.6) is 5.75 Å². The first-order valence-electron chi connectivity index (χ1n) is 7.74. The third-order valence-corrected chi connectivity index (χ3v) is 6.52. The third kappa shape index (κ3) is 2.69. The van der Waals surface area contributed by atoms with Crippen molar-refractivity contribution in [3.05, 3.63) is 35.4 Å². The van der Waals surface area contributed by atoms with Crippen LogP contribution in [0.2, 0.25) is 0 Å². The van der Waals surface area contributed by atoms with E-state index in [1.54, 1.807) is 11.2 Å². The molecule has 1 aromatic rings. The number of thiocarbonyl (C=S) groups is 1. The summed E-state index contributed by atoms with van der Waals surface area (Å²) in [5.74, 6) is 1.04. The minimum Gasteiger partial charge on any atom is -0.485 e. The molecule has 24 heavy (non-hydrogen) atoms. The quantitative estimate of drug-likeness (QED) is 0.629. The number of hydrazone groups is 1. The van der Waals surface area contributed by atoms with Gasteiger partial charge in [0.25, 0.3) is 0 Å². The Morgan fingerprint density at radius 1 is 1.38 bits per heavy atom. The molecule has 8 heteroatoms. The molecule has 2 fully saturated rings. The highest BCUT2D eigenvalue weighted by atomic mass is 32.2. The first-order chi connectivity index (χ1) is 11.4. The van der Waals surface area contributed by atoms with Crippen molar-refractivity contribution >= 4 is 39.5 Å². The van der Waals surface area contributed by atoms with Crippen LogP contribution in [-0.4, -0.2) is 54.4 Å². The molecule has 0 aliphatic carbocycles. The predicted molar refractivity (Wildman–Crippen MR) is 96.8 cm³/mol. The van der Waals surface area contributed by atoms with Crippen molar-refractivity contribution in [2.75, 3.05) is 11.5 Å². The number of hydrogen-bond acceptors (Lipinski definition) is 5. The number of fused-ring (bicyclic) bond motifs is 2. The van der Waals surface area contributed by atoms with Gasteiger partial charge in [-0.2, -0.15) is 5.10 Å². The molecule has 3 aliphatic rings. The van der Waals surface area contributed by atoms with Crippen molar-refractivity contribution in [1.82, 2.24) is 10.3 Å². The lowest BCUT2D eigenvalue weighted by Crippen LogP contribution is -2.33. The van der Waals surface area contributed by atoms with Gasteiger partial charge in [0.15, 0.2) is 14.9 Å². The molecule has 0 radical (unpaired) electrons. The van der Waals surface area contributed by atoms with Gasteiger partial charge in [-0.15, -0.1) is 0 Å².